The van der Waals surface area contributed by atoms with Gasteiger partial charge in [0.2, 0.25) is 5.91 Å². The van der Waals surface area contributed by atoms with Crippen LogP contribution in [0.5, 0.6) is 11.5 Å². The molecule has 7 nitrogen and oxygen atoms in total. The summed E-state index contributed by atoms with van der Waals surface area (Å²) in [6.07, 6.45) is 0.630. The number of hydrogen-bond donors (Lipinski definition) is 1. The van der Waals surface area contributed by atoms with Gasteiger partial charge in [0.05, 0.1) is 16.6 Å². The molecule has 1 atom stereocenters. The lowest BCUT2D eigenvalue weighted by Crippen LogP contribution is -2.42. The summed E-state index contributed by atoms with van der Waals surface area (Å²) in [7, 11) is -3.98. The summed E-state index contributed by atoms with van der Waals surface area (Å²) >= 11 is 0. The van der Waals surface area contributed by atoms with Crippen molar-refractivity contribution >= 4 is 21.6 Å². The van der Waals surface area contributed by atoms with E-state index < -0.39 is 15.9 Å². The summed E-state index contributed by atoms with van der Waals surface area (Å²) in [6, 6.07) is 19.1. The van der Waals surface area contributed by atoms with Gasteiger partial charge >= 0.3 is 0 Å². The Morgan fingerprint density at radius 1 is 1.00 bits per heavy atom. The Labute approximate surface area is 206 Å². The summed E-state index contributed by atoms with van der Waals surface area (Å²) in [6.45, 7) is 6.33. The number of sulfonamides is 1. The van der Waals surface area contributed by atoms with Crippen molar-refractivity contribution in [3.63, 3.8) is 0 Å². The van der Waals surface area contributed by atoms with Gasteiger partial charge in [-0.25, -0.2) is 8.42 Å². The molecule has 0 aliphatic carbocycles. The predicted molar refractivity (Wildman–Crippen MR) is 136 cm³/mol. The van der Waals surface area contributed by atoms with Crippen LogP contribution >= 0.6 is 0 Å². The molecule has 1 N–H and O–H groups in total. The number of fused-ring (bicyclic) bond motifs is 1. The molecule has 0 bridgehead atoms. The van der Waals surface area contributed by atoms with E-state index in [9.17, 15) is 13.2 Å². The summed E-state index contributed by atoms with van der Waals surface area (Å²) in [5, 5.41) is 2.93. The Kier molecular flexibility index (Phi) is 7.31. The monoisotopic (exact) mass is 494 g/mol. The summed E-state index contributed by atoms with van der Waals surface area (Å²) < 4.78 is 39.8. The third-order valence-electron chi connectivity index (χ3n) is 5.98. The number of nitrogens with zero attached hydrogens (tertiary/aromatic N) is 1. The molecule has 35 heavy (non-hydrogen) atoms. The smallest absolute Gasteiger partial charge is 0.264 e. The fourth-order valence-corrected chi connectivity index (χ4v) is 5.48. The van der Waals surface area contributed by atoms with Crippen molar-refractivity contribution < 1.29 is 22.7 Å². The zero-order valence-electron chi connectivity index (χ0n) is 20.2. The number of anilines is 1. The number of carbonyl (C=O) groups excluding carboxylic acids is 1. The second kappa shape index (κ2) is 10.4. The van der Waals surface area contributed by atoms with Crippen LogP contribution in [-0.4, -0.2) is 34.1 Å². The molecule has 1 unspecified atom stereocenters. The highest BCUT2D eigenvalue weighted by Crippen LogP contribution is 2.33. The molecule has 1 amide bonds. The van der Waals surface area contributed by atoms with Gasteiger partial charge in [0.1, 0.15) is 19.8 Å². The zero-order chi connectivity index (χ0) is 25.0. The Balaban J connectivity index is 1.60. The molecule has 1 aliphatic heterocycles. The molecule has 0 aromatic heterocycles. The molecule has 184 valence electrons. The van der Waals surface area contributed by atoms with Crippen molar-refractivity contribution in [2.24, 2.45) is 0 Å². The van der Waals surface area contributed by atoms with Crippen LogP contribution in [0, 0.1) is 6.92 Å². The third kappa shape index (κ3) is 5.43. The van der Waals surface area contributed by atoms with Gasteiger partial charge in [0.15, 0.2) is 11.5 Å². The number of rotatable bonds is 8. The second-order valence-electron chi connectivity index (χ2n) is 8.50. The largest absolute Gasteiger partial charge is 0.486 e. The number of nitrogens with one attached hydrogen (secondary N) is 1. The first-order valence-corrected chi connectivity index (χ1v) is 13.1. The van der Waals surface area contributed by atoms with Gasteiger partial charge in [-0.15, -0.1) is 0 Å². The minimum atomic E-state index is -3.98. The number of amides is 1. The molecule has 0 saturated heterocycles. The summed E-state index contributed by atoms with van der Waals surface area (Å²) in [4.78, 5) is 13.3. The van der Waals surface area contributed by atoms with E-state index in [-0.39, 0.29) is 17.5 Å². The molecule has 0 spiro atoms. The first-order chi connectivity index (χ1) is 16.8. The number of hydrogen-bond acceptors (Lipinski definition) is 5. The second-order valence-corrected chi connectivity index (χ2v) is 10.4. The maximum absolute atomic E-state index is 13.7. The normalized spacial score (nSPS) is 13.7. The maximum atomic E-state index is 13.7. The van der Waals surface area contributed by atoms with E-state index in [1.54, 1.807) is 36.4 Å². The van der Waals surface area contributed by atoms with E-state index in [2.05, 4.69) is 5.32 Å². The van der Waals surface area contributed by atoms with Crippen LogP contribution in [0.2, 0.25) is 0 Å². The summed E-state index contributed by atoms with van der Waals surface area (Å²) in [5.74, 6) is 0.898. The molecule has 3 aromatic rings. The molecule has 0 saturated carbocycles. The molecule has 8 heteroatoms. The highest BCUT2D eigenvalue weighted by molar-refractivity contribution is 7.92. The summed E-state index contributed by atoms with van der Waals surface area (Å²) in [5.41, 5.74) is 3.13. The standard InChI is InChI=1S/C27H30N2O5S/c1-4-21-7-5-6-8-24(21)29(35(31,32)23-12-9-19(2)10-13-23)18-27(30)28-20(3)22-11-14-25-26(17-22)34-16-15-33-25/h5-14,17,20H,4,15-16,18H2,1-3H3,(H,28,30). The van der Waals surface area contributed by atoms with E-state index in [0.29, 0.717) is 36.8 Å². The molecule has 1 aliphatic rings. The Morgan fingerprint density at radius 3 is 2.40 bits per heavy atom. The van der Waals surface area contributed by atoms with Crippen LogP contribution in [0.4, 0.5) is 5.69 Å². The predicted octanol–water partition coefficient (Wildman–Crippen LogP) is 4.40. The van der Waals surface area contributed by atoms with E-state index in [4.69, 9.17) is 9.47 Å². The van der Waals surface area contributed by atoms with E-state index in [1.165, 1.54) is 4.31 Å². The molecule has 1 heterocycles. The van der Waals surface area contributed by atoms with Gasteiger partial charge in [-0.05, 0) is 61.7 Å². The first kappa shape index (κ1) is 24.6. The van der Waals surface area contributed by atoms with E-state index >= 15 is 0 Å². The van der Waals surface area contributed by atoms with Gasteiger partial charge in [-0.1, -0.05) is 48.9 Å². The lowest BCUT2D eigenvalue weighted by atomic mass is 10.1. The Morgan fingerprint density at radius 2 is 1.69 bits per heavy atom. The molecule has 4 rings (SSSR count). The molecule has 0 fully saturated rings. The van der Waals surface area contributed by atoms with Crippen LogP contribution in [-0.2, 0) is 21.2 Å². The molecular weight excluding hydrogens is 464 g/mol. The van der Waals surface area contributed by atoms with Crippen molar-refractivity contribution in [1.82, 2.24) is 5.32 Å². The van der Waals surface area contributed by atoms with Gasteiger partial charge < -0.3 is 14.8 Å². The average molecular weight is 495 g/mol. The van der Waals surface area contributed by atoms with Crippen LogP contribution in [0.3, 0.4) is 0 Å². The number of para-hydroxylation sites is 1. The van der Waals surface area contributed by atoms with Crippen LogP contribution in [0.25, 0.3) is 0 Å². The highest BCUT2D eigenvalue weighted by atomic mass is 32.2. The highest BCUT2D eigenvalue weighted by Gasteiger charge is 2.29. The van der Waals surface area contributed by atoms with Crippen LogP contribution in [0.1, 0.15) is 36.6 Å². The Bertz CT molecular complexity index is 1310. The average Bonchev–Trinajstić information content (AvgIpc) is 2.87. The van der Waals surface area contributed by atoms with Crippen LogP contribution in [0.15, 0.2) is 71.6 Å². The fourth-order valence-electron chi connectivity index (χ4n) is 4.02. The number of carbonyl (C=O) groups is 1. The van der Waals surface area contributed by atoms with Crippen molar-refractivity contribution in [3.8, 4) is 11.5 Å². The lowest BCUT2D eigenvalue weighted by Gasteiger charge is -2.27. The van der Waals surface area contributed by atoms with Crippen molar-refractivity contribution in [3.05, 3.63) is 83.4 Å². The number of aryl methyl sites for hydroxylation is 2. The lowest BCUT2D eigenvalue weighted by molar-refractivity contribution is -0.120. The van der Waals surface area contributed by atoms with Crippen molar-refractivity contribution in [1.29, 1.82) is 0 Å². The number of ether oxygens (including phenoxy) is 2. The topological polar surface area (TPSA) is 84.9 Å². The van der Waals surface area contributed by atoms with Gasteiger partial charge in [0.25, 0.3) is 10.0 Å². The molecular formula is C27H30N2O5S. The van der Waals surface area contributed by atoms with Crippen molar-refractivity contribution in [2.75, 3.05) is 24.1 Å². The first-order valence-electron chi connectivity index (χ1n) is 11.7. The minimum Gasteiger partial charge on any atom is -0.486 e. The molecule has 3 aromatic carbocycles. The minimum absolute atomic E-state index is 0.140. The van der Waals surface area contributed by atoms with Crippen LogP contribution < -0.4 is 19.1 Å². The third-order valence-corrected chi connectivity index (χ3v) is 7.76. The fraction of sp³-hybridized carbons (Fsp3) is 0.296. The van der Waals surface area contributed by atoms with Gasteiger partial charge in [0, 0.05) is 0 Å². The van der Waals surface area contributed by atoms with E-state index in [1.807, 2.05) is 51.1 Å². The number of benzene rings is 3. The van der Waals surface area contributed by atoms with Gasteiger partial charge in [-0.3, -0.25) is 9.10 Å². The maximum Gasteiger partial charge on any atom is 0.264 e. The van der Waals surface area contributed by atoms with E-state index in [0.717, 1.165) is 16.7 Å². The van der Waals surface area contributed by atoms with Gasteiger partial charge in [-0.2, -0.15) is 0 Å². The molecule has 0 radical (unpaired) electrons. The quantitative estimate of drug-likeness (QED) is 0.502. The SMILES string of the molecule is CCc1ccccc1N(CC(=O)NC(C)c1ccc2c(c1)OCCO2)S(=O)(=O)c1ccc(C)cc1. The van der Waals surface area contributed by atoms with Crippen molar-refractivity contribution in [2.45, 2.75) is 38.1 Å². The Hall–Kier alpha value is -3.52. The zero-order valence-corrected chi connectivity index (χ0v) is 21.0.